The lowest BCUT2D eigenvalue weighted by Gasteiger charge is -2.30. The molecule has 0 fully saturated rings. The number of halogens is 2. The topological polar surface area (TPSA) is 144 Å². The van der Waals surface area contributed by atoms with Crippen LogP contribution >= 0.6 is 23.2 Å². The Labute approximate surface area is 221 Å². The van der Waals surface area contributed by atoms with Gasteiger partial charge in [-0.25, -0.2) is 4.79 Å². The van der Waals surface area contributed by atoms with Gasteiger partial charge < -0.3 is 15.3 Å². The Kier molecular flexibility index (Phi) is 7.61. The average molecular weight is 542 g/mol. The number of benzene rings is 2. The fraction of sp³-hybridized carbons (Fsp3) is 0.250. The van der Waals surface area contributed by atoms with Crippen LogP contribution in [0.25, 0.3) is 15.9 Å². The zero-order chi connectivity index (χ0) is 26.7. The summed E-state index contributed by atoms with van der Waals surface area (Å²) in [6.45, 7) is 8.57. The van der Waals surface area contributed by atoms with E-state index in [-0.39, 0.29) is 40.4 Å². The molecule has 0 bridgehead atoms. The van der Waals surface area contributed by atoms with Crippen molar-refractivity contribution < 1.29 is 19.5 Å². The molecule has 4 N–H and O–H groups in total. The van der Waals surface area contributed by atoms with Crippen molar-refractivity contribution in [3.8, 4) is 0 Å². The fourth-order valence-electron chi connectivity index (χ4n) is 4.05. The summed E-state index contributed by atoms with van der Waals surface area (Å²) in [6.07, 6.45) is 2.07. The highest BCUT2D eigenvalue weighted by Crippen LogP contribution is 2.35. The van der Waals surface area contributed by atoms with Gasteiger partial charge in [-0.15, -0.1) is 0 Å². The molecule has 13 heteroatoms. The van der Waals surface area contributed by atoms with Gasteiger partial charge in [0, 0.05) is 24.0 Å². The minimum absolute atomic E-state index is 0.0351. The number of carbonyl (C=O) groups is 3. The maximum atomic E-state index is 13.1. The van der Waals surface area contributed by atoms with Gasteiger partial charge in [0.2, 0.25) is 0 Å². The zero-order valence-electron chi connectivity index (χ0n) is 19.5. The Morgan fingerprint density at radius 2 is 2.11 bits per heavy atom. The van der Waals surface area contributed by atoms with E-state index in [1.54, 1.807) is 29.3 Å². The minimum Gasteiger partial charge on any atom is -0.480 e. The molecular weight excluding hydrogens is 521 g/mol. The molecule has 3 aromatic rings. The van der Waals surface area contributed by atoms with Gasteiger partial charge in [0.05, 0.1) is 33.9 Å². The fourth-order valence-corrected chi connectivity index (χ4v) is 4.81. The van der Waals surface area contributed by atoms with Crippen molar-refractivity contribution in [3.05, 3.63) is 74.3 Å². The lowest BCUT2D eigenvalue weighted by atomic mass is 9.96. The first-order valence-corrected chi connectivity index (χ1v) is 11.8. The molecule has 0 spiro atoms. The molecule has 2 amide bonds. The predicted octanol–water partition coefficient (Wildman–Crippen LogP) is 3.09. The van der Waals surface area contributed by atoms with Gasteiger partial charge in [-0.3, -0.25) is 19.7 Å². The first-order chi connectivity index (χ1) is 17.7. The highest BCUT2D eigenvalue weighted by molar-refractivity contribution is 6.40. The lowest BCUT2D eigenvalue weighted by Crippen LogP contribution is -2.43. The van der Waals surface area contributed by atoms with Crippen LogP contribution in [-0.2, 0) is 17.8 Å². The van der Waals surface area contributed by atoms with Gasteiger partial charge >= 0.3 is 5.97 Å². The molecule has 11 nitrogen and oxygen atoms in total. The number of hydrogen-bond acceptors (Lipinski definition) is 5. The first kappa shape index (κ1) is 25.9. The van der Waals surface area contributed by atoms with E-state index in [4.69, 9.17) is 29.8 Å². The van der Waals surface area contributed by atoms with Crippen LogP contribution in [0.15, 0.2) is 35.5 Å². The van der Waals surface area contributed by atoms with Crippen molar-refractivity contribution in [1.29, 1.82) is 0 Å². The number of carbonyl (C=O) groups excluding carboxylic acids is 2. The third kappa shape index (κ3) is 5.50. The number of fused-ring (bicyclic) bond motifs is 2. The molecule has 1 atom stereocenters. The molecule has 190 valence electrons. The number of nitrogens with one attached hydrogen (secondary N) is 3. The molecule has 2 heterocycles. The third-order valence-electron chi connectivity index (χ3n) is 5.94. The van der Waals surface area contributed by atoms with Crippen molar-refractivity contribution >= 4 is 57.7 Å². The van der Waals surface area contributed by atoms with E-state index in [9.17, 15) is 19.5 Å². The number of nitrogens with zero attached hydrogens (tertiary/aromatic N) is 4. The monoisotopic (exact) mass is 541 g/mol. The molecule has 1 aliphatic heterocycles. The summed E-state index contributed by atoms with van der Waals surface area (Å²) in [4.78, 5) is 46.3. The summed E-state index contributed by atoms with van der Waals surface area (Å²) >= 11 is 13.0. The number of aliphatic imine (C=N–C) groups is 1. The molecule has 0 saturated heterocycles. The largest absolute Gasteiger partial charge is 0.480 e. The second-order valence-corrected chi connectivity index (χ2v) is 9.13. The first-order valence-electron chi connectivity index (χ1n) is 11.1. The normalized spacial score (nSPS) is 14.0. The number of rotatable bonds is 6. The molecule has 0 saturated carbocycles. The molecule has 0 aliphatic carbocycles. The van der Waals surface area contributed by atoms with Gasteiger partial charge in [-0.05, 0) is 42.7 Å². The lowest BCUT2D eigenvalue weighted by molar-refractivity contribution is -0.138. The van der Waals surface area contributed by atoms with E-state index in [2.05, 4.69) is 30.9 Å². The van der Waals surface area contributed by atoms with Crippen LogP contribution in [0, 0.1) is 6.57 Å². The Bertz CT molecular complexity index is 1480. The van der Waals surface area contributed by atoms with E-state index >= 15 is 0 Å². The van der Waals surface area contributed by atoms with Gasteiger partial charge in [0.1, 0.15) is 6.04 Å². The number of amides is 2. The Hall–Kier alpha value is -4.14. The van der Waals surface area contributed by atoms with Gasteiger partial charge in [0.25, 0.3) is 11.8 Å². The van der Waals surface area contributed by atoms with Gasteiger partial charge in [-0.1, -0.05) is 34.7 Å². The smallest absolute Gasteiger partial charge is 0.328 e. The molecule has 1 aromatic heterocycles. The van der Waals surface area contributed by atoms with Crippen LogP contribution in [0.3, 0.4) is 0 Å². The summed E-state index contributed by atoms with van der Waals surface area (Å²) < 4.78 is 0. The van der Waals surface area contributed by atoms with Crippen molar-refractivity contribution in [2.45, 2.75) is 25.9 Å². The molecule has 1 aliphatic rings. The summed E-state index contributed by atoms with van der Waals surface area (Å²) in [7, 11) is 0. The molecular formula is C24H21Cl2N7O4. The van der Waals surface area contributed by atoms with Crippen molar-refractivity contribution in [1.82, 2.24) is 25.8 Å². The van der Waals surface area contributed by atoms with Crippen molar-refractivity contribution in [2.24, 2.45) is 4.99 Å². The van der Waals surface area contributed by atoms with Crippen LogP contribution in [0.2, 0.25) is 10.0 Å². The molecule has 0 radical (unpaired) electrons. The number of carboxylic acid groups (broad SMARTS) is 1. The van der Waals surface area contributed by atoms with E-state index in [0.717, 1.165) is 10.9 Å². The predicted molar refractivity (Wildman–Crippen MR) is 138 cm³/mol. The maximum absolute atomic E-state index is 13.1. The number of aromatic amines is 1. The van der Waals surface area contributed by atoms with Crippen LogP contribution in [0.5, 0.6) is 0 Å². The van der Waals surface area contributed by atoms with Crippen molar-refractivity contribution in [2.75, 3.05) is 13.1 Å². The number of aromatic nitrogens is 2. The van der Waals surface area contributed by atoms with E-state index in [0.29, 0.717) is 29.7 Å². The standard InChI is InChI=1S/C24H21Cl2N7O4/c1-12(31-27-2)28-10-19(24(36)37)30-22(34)20-17(25)7-15-11-33(6-5-16(15)21(20)26)23(35)13-3-4-14-9-29-32-18(14)8-13/h3-4,7-9,19H,5-6,10-11H2,1H3,(H,28,31)(H,29,32)(H,30,34)(H,36,37)/t19-/m0/s1. The van der Waals surface area contributed by atoms with Gasteiger partial charge in [-0.2, -0.15) is 16.6 Å². The number of hydrogen-bond donors (Lipinski definition) is 4. The van der Waals surface area contributed by atoms with Crippen LogP contribution in [0.1, 0.15) is 38.8 Å². The number of aliphatic carboxylic acids is 1. The summed E-state index contributed by atoms with van der Waals surface area (Å²) in [5, 5.41) is 19.8. The highest BCUT2D eigenvalue weighted by Gasteiger charge is 2.29. The number of amidine groups is 1. The maximum Gasteiger partial charge on any atom is 0.328 e. The molecule has 0 unspecified atom stereocenters. The van der Waals surface area contributed by atoms with Crippen LogP contribution in [0.4, 0.5) is 0 Å². The minimum atomic E-state index is -1.36. The summed E-state index contributed by atoms with van der Waals surface area (Å²) in [6, 6.07) is 5.52. The second kappa shape index (κ2) is 10.9. The SMILES string of the molecule is [C-]#[N+]NC(C)=NC[C@H](NC(=O)c1c(Cl)cc2c(c1Cl)CCN(C(=O)c1ccc3cn[nH]c3c1)C2)C(=O)O. The zero-order valence-corrected chi connectivity index (χ0v) is 21.0. The molecule has 2 aromatic carbocycles. The summed E-state index contributed by atoms with van der Waals surface area (Å²) in [5.41, 5.74) is 4.87. The molecule has 37 heavy (non-hydrogen) atoms. The van der Waals surface area contributed by atoms with E-state index in [1.807, 2.05) is 6.07 Å². The molecule has 4 rings (SSSR count). The third-order valence-corrected chi connectivity index (χ3v) is 6.66. The second-order valence-electron chi connectivity index (χ2n) is 8.35. The summed E-state index contributed by atoms with van der Waals surface area (Å²) in [5.74, 6) is -2.02. The van der Waals surface area contributed by atoms with Crippen LogP contribution < -0.4 is 10.7 Å². The number of H-pyrrole nitrogens is 1. The average Bonchev–Trinajstić information content (AvgIpc) is 3.33. The highest BCUT2D eigenvalue weighted by atomic mass is 35.5. The number of carboxylic acids is 1. The van der Waals surface area contributed by atoms with Crippen molar-refractivity contribution in [3.63, 3.8) is 0 Å². The Balaban J connectivity index is 1.53. The van der Waals surface area contributed by atoms with E-state index < -0.39 is 17.9 Å². The van der Waals surface area contributed by atoms with E-state index in [1.165, 1.54) is 6.92 Å². The Morgan fingerprint density at radius 3 is 2.84 bits per heavy atom. The Morgan fingerprint density at radius 1 is 1.32 bits per heavy atom. The van der Waals surface area contributed by atoms with Crippen LogP contribution in [-0.4, -0.2) is 63.0 Å². The quantitative estimate of drug-likeness (QED) is 0.163. The van der Waals surface area contributed by atoms with Gasteiger partial charge in [0.15, 0.2) is 5.84 Å².